The van der Waals surface area contributed by atoms with E-state index in [-0.39, 0.29) is 18.5 Å². The van der Waals surface area contributed by atoms with E-state index >= 15 is 0 Å². The lowest BCUT2D eigenvalue weighted by atomic mass is 10.2. The zero-order chi connectivity index (χ0) is 20.4. The van der Waals surface area contributed by atoms with E-state index in [2.05, 4.69) is 20.3 Å². The summed E-state index contributed by atoms with van der Waals surface area (Å²) >= 11 is 0. The Labute approximate surface area is 164 Å². The number of anilines is 1. The molecule has 4 aromatic rings. The number of carbonyl (C=O) groups excluding carboxylic acids is 2. The highest BCUT2D eigenvalue weighted by molar-refractivity contribution is 5.96. The largest absolute Gasteiger partial charge is 0.453 e. The molecule has 9 heteroatoms. The number of hydrogen-bond donors (Lipinski definition) is 3. The first kappa shape index (κ1) is 18.5. The lowest BCUT2D eigenvalue weighted by molar-refractivity contribution is -0.153. The topological polar surface area (TPSA) is 130 Å². The molecule has 9 nitrogen and oxygen atoms in total. The number of oxazole rings is 1. The van der Waals surface area contributed by atoms with Crippen LogP contribution in [0.15, 0.2) is 51.7 Å². The first-order valence-electron chi connectivity index (χ1n) is 9.05. The number of aromatic nitrogens is 3. The molecule has 2 aromatic heterocycles. The minimum absolute atomic E-state index is 0.0426. The van der Waals surface area contributed by atoms with Gasteiger partial charge in [-0.05, 0) is 37.3 Å². The number of fused-ring (bicyclic) bond motifs is 2. The van der Waals surface area contributed by atoms with Gasteiger partial charge in [0.1, 0.15) is 5.52 Å². The highest BCUT2D eigenvalue weighted by Gasteiger charge is 2.19. The highest BCUT2D eigenvalue weighted by Crippen LogP contribution is 2.17. The number of aryl methyl sites for hydroxylation is 1. The summed E-state index contributed by atoms with van der Waals surface area (Å²) in [4.78, 5) is 45.2. The van der Waals surface area contributed by atoms with E-state index in [0.29, 0.717) is 28.2 Å². The second-order valence-electron chi connectivity index (χ2n) is 6.54. The molecule has 29 heavy (non-hydrogen) atoms. The minimum atomic E-state index is -0.980. The Morgan fingerprint density at radius 3 is 2.79 bits per heavy atom. The van der Waals surface area contributed by atoms with Crippen LogP contribution in [0.4, 0.5) is 5.69 Å². The van der Waals surface area contributed by atoms with Crippen molar-refractivity contribution in [2.24, 2.45) is 0 Å². The predicted octanol–water partition coefficient (Wildman–Crippen LogP) is 2.50. The Bertz CT molecular complexity index is 1220. The maximum Gasteiger partial charge on any atom is 0.323 e. The molecule has 0 spiro atoms. The third-order valence-corrected chi connectivity index (χ3v) is 4.34. The molecule has 0 unspecified atom stereocenters. The molecule has 2 aromatic carbocycles. The molecular weight excluding hydrogens is 376 g/mol. The van der Waals surface area contributed by atoms with Crippen molar-refractivity contribution in [1.29, 1.82) is 0 Å². The summed E-state index contributed by atoms with van der Waals surface area (Å²) in [6, 6.07) is 12.3. The minimum Gasteiger partial charge on any atom is -0.453 e. The summed E-state index contributed by atoms with van der Waals surface area (Å²) in [7, 11) is 0. The Hall–Kier alpha value is -3.88. The van der Waals surface area contributed by atoms with Gasteiger partial charge in [-0.15, -0.1) is 0 Å². The normalized spacial score (nSPS) is 12.2. The second-order valence-corrected chi connectivity index (χ2v) is 6.54. The van der Waals surface area contributed by atoms with Crippen molar-refractivity contribution in [3.63, 3.8) is 0 Å². The van der Waals surface area contributed by atoms with E-state index in [9.17, 15) is 14.4 Å². The molecule has 0 fully saturated rings. The third-order valence-electron chi connectivity index (χ3n) is 4.34. The summed E-state index contributed by atoms with van der Waals surface area (Å²) in [5, 5.41) is 2.66. The summed E-state index contributed by atoms with van der Waals surface area (Å²) in [5.74, 6) is -0.563. The fourth-order valence-corrected chi connectivity index (χ4v) is 2.90. The van der Waals surface area contributed by atoms with Crippen LogP contribution in [0.3, 0.4) is 0 Å². The van der Waals surface area contributed by atoms with Gasteiger partial charge >= 0.3 is 11.7 Å². The van der Waals surface area contributed by atoms with Gasteiger partial charge in [-0.1, -0.05) is 12.1 Å². The van der Waals surface area contributed by atoms with Gasteiger partial charge in [-0.25, -0.2) is 9.78 Å². The number of nitrogens with zero attached hydrogens (tertiary/aromatic N) is 1. The smallest absolute Gasteiger partial charge is 0.323 e. The van der Waals surface area contributed by atoms with Crippen LogP contribution in [-0.4, -0.2) is 32.9 Å². The Kier molecular flexibility index (Phi) is 4.86. The van der Waals surface area contributed by atoms with Gasteiger partial charge in [0, 0.05) is 12.1 Å². The first-order chi connectivity index (χ1) is 14.0. The maximum absolute atomic E-state index is 12.3. The molecule has 0 aliphatic carbocycles. The monoisotopic (exact) mass is 394 g/mol. The highest BCUT2D eigenvalue weighted by atomic mass is 16.5. The summed E-state index contributed by atoms with van der Waals surface area (Å²) < 4.78 is 10.7. The van der Waals surface area contributed by atoms with Gasteiger partial charge in [0.05, 0.1) is 17.5 Å². The van der Waals surface area contributed by atoms with E-state index in [1.165, 1.54) is 6.92 Å². The van der Waals surface area contributed by atoms with Gasteiger partial charge in [-0.3, -0.25) is 9.59 Å². The van der Waals surface area contributed by atoms with Crippen molar-refractivity contribution in [3.05, 3.63) is 58.8 Å². The van der Waals surface area contributed by atoms with Crippen LogP contribution in [0, 0.1) is 0 Å². The van der Waals surface area contributed by atoms with Gasteiger partial charge in [0.15, 0.2) is 17.6 Å². The molecule has 3 N–H and O–H groups in total. The lowest BCUT2D eigenvalue weighted by Gasteiger charge is -2.13. The number of para-hydroxylation sites is 2. The number of hydrogen-bond acceptors (Lipinski definition) is 6. The number of rotatable bonds is 6. The first-order valence-corrected chi connectivity index (χ1v) is 9.05. The number of esters is 1. The van der Waals surface area contributed by atoms with Crippen LogP contribution in [0.2, 0.25) is 0 Å². The molecule has 0 bridgehead atoms. The number of imidazole rings is 1. The number of H-pyrrole nitrogens is 2. The van der Waals surface area contributed by atoms with Crippen LogP contribution in [0.1, 0.15) is 19.2 Å². The standard InChI is InChI=1S/C20H18N4O5/c1-11(19(26)21-12-6-7-13-15(10-12)24-20(27)23-13)28-18(25)9-8-17-22-14-4-2-3-5-16(14)29-17/h2-7,10-11H,8-9H2,1H3,(H,21,26)(H2,23,24,27)/t11-/m1/s1. The van der Waals surface area contributed by atoms with Crippen molar-refractivity contribution in [2.45, 2.75) is 25.9 Å². The Balaban J connectivity index is 1.31. The van der Waals surface area contributed by atoms with Crippen LogP contribution >= 0.6 is 0 Å². The van der Waals surface area contributed by atoms with Crippen molar-refractivity contribution in [2.75, 3.05) is 5.32 Å². The summed E-state index contributed by atoms with van der Waals surface area (Å²) in [6.45, 7) is 1.49. The molecule has 0 radical (unpaired) electrons. The van der Waals surface area contributed by atoms with Gasteiger partial charge in [0.2, 0.25) is 0 Å². The van der Waals surface area contributed by atoms with E-state index in [4.69, 9.17) is 9.15 Å². The number of aromatic amines is 2. The second kappa shape index (κ2) is 7.63. The molecule has 4 rings (SSSR count). The number of amides is 1. The number of carbonyl (C=O) groups is 2. The van der Waals surface area contributed by atoms with Crippen molar-refractivity contribution < 1.29 is 18.7 Å². The van der Waals surface area contributed by atoms with Crippen molar-refractivity contribution in [1.82, 2.24) is 15.0 Å². The van der Waals surface area contributed by atoms with E-state index < -0.39 is 18.0 Å². The quantitative estimate of drug-likeness (QED) is 0.431. The van der Waals surface area contributed by atoms with E-state index in [1.54, 1.807) is 24.3 Å². The lowest BCUT2D eigenvalue weighted by Crippen LogP contribution is -2.30. The molecule has 1 amide bonds. The average Bonchev–Trinajstić information content (AvgIpc) is 3.27. The Morgan fingerprint density at radius 2 is 1.97 bits per heavy atom. The van der Waals surface area contributed by atoms with Gasteiger partial charge in [0.25, 0.3) is 5.91 Å². The molecule has 1 atom stereocenters. The fraction of sp³-hybridized carbons (Fsp3) is 0.200. The Morgan fingerprint density at radius 1 is 1.17 bits per heavy atom. The van der Waals surface area contributed by atoms with Gasteiger partial charge in [-0.2, -0.15) is 0 Å². The summed E-state index contributed by atoms with van der Waals surface area (Å²) in [5.41, 5.74) is 2.73. The SMILES string of the molecule is C[C@@H](OC(=O)CCc1nc2ccccc2o1)C(=O)Nc1ccc2[nH]c(=O)[nH]c2c1. The van der Waals surface area contributed by atoms with E-state index in [0.717, 1.165) is 5.52 Å². The van der Waals surface area contributed by atoms with Crippen LogP contribution in [0.5, 0.6) is 0 Å². The van der Waals surface area contributed by atoms with Crippen molar-refractivity contribution in [3.8, 4) is 0 Å². The number of benzene rings is 2. The van der Waals surface area contributed by atoms with E-state index in [1.807, 2.05) is 18.2 Å². The number of nitrogens with one attached hydrogen (secondary N) is 3. The van der Waals surface area contributed by atoms with Crippen LogP contribution in [-0.2, 0) is 20.7 Å². The van der Waals surface area contributed by atoms with Crippen molar-refractivity contribution >= 4 is 39.7 Å². The molecular formula is C20H18N4O5. The molecule has 148 valence electrons. The molecule has 0 aliphatic heterocycles. The third kappa shape index (κ3) is 4.18. The number of ether oxygens (including phenoxy) is 1. The zero-order valence-electron chi connectivity index (χ0n) is 15.5. The fourth-order valence-electron chi connectivity index (χ4n) is 2.90. The molecule has 2 heterocycles. The molecule has 0 aliphatic rings. The predicted molar refractivity (Wildman–Crippen MR) is 105 cm³/mol. The van der Waals surface area contributed by atoms with Crippen LogP contribution in [0.25, 0.3) is 22.1 Å². The zero-order valence-corrected chi connectivity index (χ0v) is 15.5. The molecule has 0 saturated carbocycles. The van der Waals surface area contributed by atoms with Crippen LogP contribution < -0.4 is 11.0 Å². The molecule has 0 saturated heterocycles. The summed E-state index contributed by atoms with van der Waals surface area (Å²) in [6.07, 6.45) is -0.660. The average molecular weight is 394 g/mol. The maximum atomic E-state index is 12.3. The van der Waals surface area contributed by atoms with Gasteiger partial charge < -0.3 is 24.4 Å².